The summed E-state index contributed by atoms with van der Waals surface area (Å²) in [5, 5.41) is 2.08. The van der Waals surface area contributed by atoms with Gasteiger partial charge in [0, 0.05) is 32.7 Å². The van der Waals surface area contributed by atoms with Gasteiger partial charge < -0.3 is 4.42 Å². The van der Waals surface area contributed by atoms with E-state index < -0.39 is 0 Å². The van der Waals surface area contributed by atoms with Crippen LogP contribution in [0.3, 0.4) is 0 Å². The van der Waals surface area contributed by atoms with E-state index in [9.17, 15) is 0 Å². The number of hydrogen-bond donors (Lipinski definition) is 0. The van der Waals surface area contributed by atoms with Crippen molar-refractivity contribution < 1.29 is 12.6 Å². The van der Waals surface area contributed by atoms with E-state index in [0.717, 1.165) is 27.5 Å². The summed E-state index contributed by atoms with van der Waals surface area (Å²) in [5.41, 5.74) is 5.33. The Kier molecular flexibility index (Phi) is 4.25. The summed E-state index contributed by atoms with van der Waals surface area (Å²) in [4.78, 5) is 14.7. The van der Waals surface area contributed by atoms with Crippen LogP contribution in [0.1, 0.15) is 8.22 Å². The molecule has 0 fully saturated rings. The molecule has 0 saturated heterocycles. The minimum Gasteiger partial charge on any atom is -0.456 e. The predicted molar refractivity (Wildman–Crippen MR) is 178 cm³/mol. The first kappa shape index (κ1) is 19.2. The van der Waals surface area contributed by atoms with Crippen molar-refractivity contribution >= 4 is 43.7 Å². The summed E-state index contributed by atoms with van der Waals surface area (Å²) in [6.07, 6.45) is 0. The molecular weight excluding hydrogens is 540 g/mol. The van der Waals surface area contributed by atoms with Crippen LogP contribution in [0.4, 0.5) is 0 Å². The molecule has 0 N–H and O–H groups in total. The highest BCUT2D eigenvalue weighted by atomic mass is 16.3. The van der Waals surface area contributed by atoms with Crippen LogP contribution < -0.4 is 0 Å². The highest BCUT2D eigenvalue weighted by Gasteiger charge is 2.18. The van der Waals surface area contributed by atoms with Gasteiger partial charge in [0.05, 0.1) is 19.3 Å². The van der Waals surface area contributed by atoms with E-state index in [2.05, 4.69) is 18.2 Å². The fourth-order valence-corrected chi connectivity index (χ4v) is 5.75. The van der Waals surface area contributed by atoms with Gasteiger partial charge in [-0.05, 0) is 53.5 Å². The lowest BCUT2D eigenvalue weighted by atomic mass is 10.0. The Labute approximate surface area is 261 Å². The number of rotatable bonds is 4. The molecule has 0 bridgehead atoms. The fraction of sp³-hybridized carbons (Fsp3) is 0. The molecule has 44 heavy (non-hydrogen) atoms. The summed E-state index contributed by atoms with van der Waals surface area (Å²) in [5.74, 6) is 0.742. The van der Waals surface area contributed by atoms with Gasteiger partial charge in [-0.25, -0.2) is 4.98 Å². The zero-order valence-corrected chi connectivity index (χ0v) is 23.1. The first-order chi connectivity index (χ1) is 24.3. The monoisotopic (exact) mass is 570 g/mol. The maximum absolute atomic E-state index is 8.91. The first-order valence-corrected chi connectivity index (χ1v) is 14.1. The number of fused-ring (bicyclic) bond motifs is 6. The molecule has 0 aliphatic heterocycles. The molecule has 0 saturated carbocycles. The average Bonchev–Trinajstić information content (AvgIpc) is 3.70. The molecule has 5 nitrogen and oxygen atoms in total. The fourth-order valence-electron chi connectivity index (χ4n) is 5.75. The number of hydrogen-bond acceptors (Lipinski definition) is 4. The first-order valence-electron chi connectivity index (χ1n) is 17.1. The third-order valence-corrected chi connectivity index (χ3v) is 7.82. The molecule has 206 valence electrons. The SMILES string of the molecule is [2H]c1cc([2H])c2c(c1[2H])c1c([2H])c([2H])cc([2H])c1n2-c1nc(-c2ccccc2)nc(-c2ccc3oc4ccc(-c5ccccc5)cc4c3c2)n1. The van der Waals surface area contributed by atoms with Gasteiger partial charge in [0.2, 0.25) is 5.95 Å². The Morgan fingerprint density at radius 2 is 1.02 bits per heavy atom. The largest absolute Gasteiger partial charge is 0.456 e. The Hall–Kier alpha value is -6.07. The highest BCUT2D eigenvalue weighted by molar-refractivity contribution is 6.09. The maximum atomic E-state index is 8.91. The molecule has 0 spiro atoms. The van der Waals surface area contributed by atoms with Crippen LogP contribution in [0, 0.1) is 0 Å². The normalized spacial score (nSPS) is 13.5. The smallest absolute Gasteiger partial charge is 0.238 e. The van der Waals surface area contributed by atoms with E-state index >= 15 is 0 Å². The van der Waals surface area contributed by atoms with Crippen molar-refractivity contribution in [1.82, 2.24) is 19.5 Å². The molecule has 3 aromatic heterocycles. The average molecular weight is 571 g/mol. The van der Waals surface area contributed by atoms with Gasteiger partial charge >= 0.3 is 0 Å². The second-order valence-electron chi connectivity index (χ2n) is 10.4. The van der Waals surface area contributed by atoms with Crippen LogP contribution in [0.5, 0.6) is 0 Å². The molecule has 0 amide bonds. The molecule has 6 aromatic carbocycles. The van der Waals surface area contributed by atoms with Crippen LogP contribution in [-0.2, 0) is 0 Å². The van der Waals surface area contributed by atoms with Gasteiger partial charge in [0.1, 0.15) is 11.2 Å². The van der Waals surface area contributed by atoms with E-state index in [4.69, 9.17) is 27.6 Å². The molecule has 3 heterocycles. The standard InChI is InChI=1S/C39H24N4O/c1-3-11-25(12-4-1)27-19-21-35-31(23-27)32-24-28(20-22-36(32)44-35)38-40-37(26-13-5-2-6-14-26)41-39(42-38)43-33-17-9-7-15-29(33)30-16-8-10-18-34(30)43/h1-24H/i7D,8D,15D,16D,17D,18D. The highest BCUT2D eigenvalue weighted by Crippen LogP contribution is 2.36. The van der Waals surface area contributed by atoms with Crippen LogP contribution in [0.2, 0.25) is 0 Å². The second kappa shape index (κ2) is 9.75. The number of furan rings is 1. The lowest BCUT2D eigenvalue weighted by Crippen LogP contribution is -2.06. The van der Waals surface area contributed by atoms with E-state index in [1.807, 2.05) is 78.9 Å². The van der Waals surface area contributed by atoms with Crippen LogP contribution >= 0.6 is 0 Å². The summed E-state index contributed by atoms with van der Waals surface area (Å²) in [6, 6.07) is 32.9. The van der Waals surface area contributed by atoms with Crippen LogP contribution in [-0.4, -0.2) is 19.5 Å². The van der Waals surface area contributed by atoms with Gasteiger partial charge in [-0.2, -0.15) is 9.97 Å². The Morgan fingerprint density at radius 1 is 0.477 bits per heavy atom. The van der Waals surface area contributed by atoms with E-state index in [1.54, 1.807) is 0 Å². The van der Waals surface area contributed by atoms with Crippen molar-refractivity contribution in [2.24, 2.45) is 0 Å². The summed E-state index contributed by atoms with van der Waals surface area (Å²) < 4.78 is 59.8. The molecule has 9 aromatic rings. The van der Waals surface area contributed by atoms with E-state index in [0.29, 0.717) is 28.4 Å². The van der Waals surface area contributed by atoms with Crippen molar-refractivity contribution in [1.29, 1.82) is 0 Å². The predicted octanol–water partition coefficient (Wildman–Crippen LogP) is 9.87. The molecule has 0 radical (unpaired) electrons. The zero-order chi connectivity index (χ0) is 34.3. The Morgan fingerprint density at radius 3 is 1.66 bits per heavy atom. The topological polar surface area (TPSA) is 56.7 Å². The van der Waals surface area contributed by atoms with Crippen molar-refractivity contribution in [3.8, 4) is 39.9 Å². The second-order valence-corrected chi connectivity index (χ2v) is 10.4. The molecular formula is C39H24N4O. The summed E-state index contributed by atoms with van der Waals surface area (Å²) in [6.45, 7) is 0. The van der Waals surface area contributed by atoms with Gasteiger partial charge in [-0.15, -0.1) is 0 Å². The Bertz CT molecular complexity index is 2760. The van der Waals surface area contributed by atoms with Crippen molar-refractivity contribution in [3.63, 3.8) is 0 Å². The van der Waals surface area contributed by atoms with Gasteiger partial charge in [-0.1, -0.05) is 103 Å². The number of para-hydroxylation sites is 2. The quantitative estimate of drug-likeness (QED) is 0.211. The molecule has 0 aliphatic carbocycles. The third kappa shape index (κ3) is 3.91. The lowest BCUT2D eigenvalue weighted by molar-refractivity contribution is 0.669. The number of nitrogens with zero attached hydrogens (tertiary/aromatic N) is 4. The summed E-state index contributed by atoms with van der Waals surface area (Å²) in [7, 11) is 0. The molecule has 0 unspecified atom stereocenters. The van der Waals surface area contributed by atoms with E-state index in [1.165, 1.54) is 16.7 Å². The lowest BCUT2D eigenvalue weighted by Gasteiger charge is -2.11. The number of aromatic nitrogens is 4. The molecule has 9 rings (SSSR count). The molecule has 0 aliphatic rings. The molecule has 5 heteroatoms. The minimum absolute atomic E-state index is 0.0774. The number of benzene rings is 6. The minimum atomic E-state index is -0.206. The van der Waals surface area contributed by atoms with Gasteiger partial charge in [0.25, 0.3) is 0 Å². The third-order valence-electron chi connectivity index (χ3n) is 7.82. The van der Waals surface area contributed by atoms with Crippen molar-refractivity contribution in [2.45, 2.75) is 0 Å². The van der Waals surface area contributed by atoms with E-state index in [-0.39, 0.29) is 64.0 Å². The maximum Gasteiger partial charge on any atom is 0.238 e. The summed E-state index contributed by atoms with van der Waals surface area (Å²) >= 11 is 0. The van der Waals surface area contributed by atoms with Crippen molar-refractivity contribution in [2.75, 3.05) is 0 Å². The van der Waals surface area contributed by atoms with Crippen LogP contribution in [0.25, 0.3) is 83.6 Å². The Balaban J connectivity index is 1.34. The van der Waals surface area contributed by atoms with Crippen molar-refractivity contribution in [3.05, 3.63) is 145 Å². The van der Waals surface area contributed by atoms with Gasteiger partial charge in [-0.3, -0.25) is 4.57 Å². The van der Waals surface area contributed by atoms with Gasteiger partial charge in [0.15, 0.2) is 11.6 Å². The molecule has 0 atom stereocenters. The van der Waals surface area contributed by atoms with Crippen LogP contribution in [0.15, 0.2) is 150 Å². The zero-order valence-electron chi connectivity index (χ0n) is 29.1.